The minimum atomic E-state index is -0.779. The molecule has 1 heterocycles. The zero-order chi connectivity index (χ0) is 15.6. The number of carbonyl (C=O) groups is 1. The first-order valence-corrected chi connectivity index (χ1v) is 6.38. The lowest BCUT2D eigenvalue weighted by molar-refractivity contribution is 0.0590. The number of aromatic nitrogens is 2. The summed E-state index contributed by atoms with van der Waals surface area (Å²) >= 11 is 5.97. The molecule has 0 bridgehead atoms. The summed E-state index contributed by atoms with van der Waals surface area (Å²) in [6.07, 6.45) is 1.53. The van der Waals surface area contributed by atoms with Crippen LogP contribution < -0.4 is 10.2 Å². The summed E-state index contributed by atoms with van der Waals surface area (Å²) in [5, 5.41) is 4.46. The summed E-state index contributed by atoms with van der Waals surface area (Å²) in [5.74, 6) is -0.315. The first kappa shape index (κ1) is 15.1. The average Bonchev–Trinajstić information content (AvgIpc) is 2.49. The second-order valence-electron chi connectivity index (χ2n) is 4.24. The van der Waals surface area contributed by atoms with Crippen molar-refractivity contribution in [2.24, 2.45) is 0 Å². The summed E-state index contributed by atoms with van der Waals surface area (Å²) in [6, 6.07) is 4.99. The van der Waals surface area contributed by atoms with Gasteiger partial charge < -0.3 is 9.47 Å². The van der Waals surface area contributed by atoms with Crippen LogP contribution in [0.4, 0.5) is 0 Å². The van der Waals surface area contributed by atoms with Gasteiger partial charge in [-0.3, -0.25) is 4.79 Å². The minimum Gasteiger partial charge on any atom is -0.495 e. The van der Waals surface area contributed by atoms with E-state index in [9.17, 15) is 9.59 Å². The number of hydrogen-bond acceptors (Lipinski definition) is 5. The van der Waals surface area contributed by atoms with Crippen LogP contribution in [0.3, 0.4) is 0 Å². The van der Waals surface area contributed by atoms with E-state index in [0.29, 0.717) is 22.0 Å². The molecule has 0 fully saturated rings. The van der Waals surface area contributed by atoms with E-state index in [-0.39, 0.29) is 5.69 Å². The van der Waals surface area contributed by atoms with Gasteiger partial charge >= 0.3 is 5.97 Å². The summed E-state index contributed by atoms with van der Waals surface area (Å²) in [6.45, 7) is 1.60. The fourth-order valence-corrected chi connectivity index (χ4v) is 1.96. The van der Waals surface area contributed by atoms with Gasteiger partial charge in [0.1, 0.15) is 5.75 Å². The van der Waals surface area contributed by atoms with Crippen molar-refractivity contribution < 1.29 is 14.3 Å². The van der Waals surface area contributed by atoms with Crippen molar-refractivity contribution in [3.8, 4) is 11.4 Å². The topological polar surface area (TPSA) is 70.4 Å². The normalized spacial score (nSPS) is 10.3. The molecule has 0 aliphatic carbocycles. The standard InChI is InChI=1S/C14H13ClN2O4/c1-8-7-17(16-12(13(8)18)14(19)21-3)9-4-5-10(15)11(6-9)20-2/h4-7H,1-3H3. The monoisotopic (exact) mass is 308 g/mol. The first-order valence-electron chi connectivity index (χ1n) is 6.00. The van der Waals surface area contributed by atoms with Gasteiger partial charge in [-0.1, -0.05) is 11.6 Å². The number of ether oxygens (including phenoxy) is 2. The largest absolute Gasteiger partial charge is 0.495 e. The smallest absolute Gasteiger partial charge is 0.362 e. The summed E-state index contributed by atoms with van der Waals surface area (Å²) in [4.78, 5) is 23.5. The van der Waals surface area contributed by atoms with Gasteiger partial charge in [0.05, 0.1) is 24.9 Å². The highest BCUT2D eigenvalue weighted by Gasteiger charge is 2.16. The Bertz CT molecular complexity index is 755. The number of aryl methyl sites for hydroxylation is 1. The molecule has 0 N–H and O–H groups in total. The number of carbonyl (C=O) groups excluding carboxylic acids is 1. The van der Waals surface area contributed by atoms with Crippen LogP contribution in [-0.4, -0.2) is 30.0 Å². The van der Waals surface area contributed by atoms with E-state index in [2.05, 4.69) is 9.84 Å². The molecule has 21 heavy (non-hydrogen) atoms. The zero-order valence-corrected chi connectivity index (χ0v) is 12.5. The van der Waals surface area contributed by atoms with E-state index in [1.54, 1.807) is 25.1 Å². The Morgan fingerprint density at radius 3 is 2.67 bits per heavy atom. The molecule has 2 aromatic rings. The van der Waals surface area contributed by atoms with E-state index in [0.717, 1.165) is 0 Å². The van der Waals surface area contributed by atoms with Crippen molar-refractivity contribution >= 4 is 17.6 Å². The van der Waals surface area contributed by atoms with Gasteiger partial charge in [-0.15, -0.1) is 0 Å². The lowest BCUT2D eigenvalue weighted by Gasteiger charge is -2.10. The van der Waals surface area contributed by atoms with E-state index >= 15 is 0 Å². The van der Waals surface area contributed by atoms with E-state index in [1.165, 1.54) is 25.1 Å². The van der Waals surface area contributed by atoms with Gasteiger partial charge in [-0.05, 0) is 19.1 Å². The van der Waals surface area contributed by atoms with Crippen molar-refractivity contribution in [1.29, 1.82) is 0 Å². The van der Waals surface area contributed by atoms with Crippen molar-refractivity contribution in [3.05, 3.63) is 50.9 Å². The average molecular weight is 309 g/mol. The van der Waals surface area contributed by atoms with Crippen LogP contribution in [0.2, 0.25) is 5.02 Å². The van der Waals surface area contributed by atoms with E-state index in [1.807, 2.05) is 0 Å². The molecule has 110 valence electrons. The van der Waals surface area contributed by atoms with Crippen LogP contribution in [0.1, 0.15) is 16.1 Å². The lowest BCUT2D eigenvalue weighted by Crippen LogP contribution is -2.24. The maximum atomic E-state index is 11.9. The molecule has 1 aromatic carbocycles. The van der Waals surface area contributed by atoms with Gasteiger partial charge in [0.2, 0.25) is 11.1 Å². The minimum absolute atomic E-state index is 0.272. The molecule has 0 unspecified atom stereocenters. The second-order valence-corrected chi connectivity index (χ2v) is 4.65. The van der Waals surface area contributed by atoms with E-state index < -0.39 is 11.4 Å². The SMILES string of the molecule is COC(=O)c1nn(-c2ccc(Cl)c(OC)c2)cc(C)c1=O. The van der Waals surface area contributed by atoms with Crippen molar-refractivity contribution in [3.63, 3.8) is 0 Å². The highest BCUT2D eigenvalue weighted by molar-refractivity contribution is 6.32. The van der Waals surface area contributed by atoms with Gasteiger partial charge in [0, 0.05) is 17.8 Å². The Hall–Kier alpha value is -2.34. The predicted molar refractivity (Wildman–Crippen MR) is 77.5 cm³/mol. The van der Waals surface area contributed by atoms with Crippen LogP contribution in [0.25, 0.3) is 5.69 Å². The Balaban J connectivity index is 2.62. The fourth-order valence-electron chi connectivity index (χ4n) is 1.76. The molecule has 0 saturated carbocycles. The van der Waals surface area contributed by atoms with Crippen LogP contribution in [0, 0.1) is 6.92 Å². The third kappa shape index (κ3) is 2.90. The summed E-state index contributed by atoms with van der Waals surface area (Å²) in [5.41, 5.74) is 0.245. The number of benzene rings is 1. The molecule has 0 aliphatic heterocycles. The Morgan fingerprint density at radius 1 is 1.33 bits per heavy atom. The quantitative estimate of drug-likeness (QED) is 0.811. The number of hydrogen-bond donors (Lipinski definition) is 0. The van der Waals surface area contributed by atoms with Gasteiger partial charge in [0.15, 0.2) is 0 Å². The van der Waals surface area contributed by atoms with Gasteiger partial charge in [-0.25, -0.2) is 9.48 Å². The van der Waals surface area contributed by atoms with E-state index in [4.69, 9.17) is 16.3 Å². The van der Waals surface area contributed by atoms with Crippen LogP contribution in [0.15, 0.2) is 29.2 Å². The van der Waals surface area contributed by atoms with Crippen LogP contribution >= 0.6 is 11.6 Å². The highest BCUT2D eigenvalue weighted by atomic mass is 35.5. The number of esters is 1. The molecule has 1 aromatic heterocycles. The molecular formula is C14H13ClN2O4. The maximum absolute atomic E-state index is 11.9. The zero-order valence-electron chi connectivity index (χ0n) is 11.7. The molecule has 6 nitrogen and oxygen atoms in total. The van der Waals surface area contributed by atoms with Crippen molar-refractivity contribution in [1.82, 2.24) is 9.78 Å². The molecule has 2 rings (SSSR count). The molecule has 0 amide bonds. The molecular weight excluding hydrogens is 296 g/mol. The van der Waals surface area contributed by atoms with Gasteiger partial charge in [-0.2, -0.15) is 5.10 Å². The predicted octanol–water partition coefficient (Wildman–Crippen LogP) is 1.99. The summed E-state index contributed by atoms with van der Waals surface area (Å²) < 4.78 is 11.1. The Morgan fingerprint density at radius 2 is 2.05 bits per heavy atom. The molecule has 0 spiro atoms. The maximum Gasteiger partial charge on any atom is 0.362 e. The Labute approximate surface area is 125 Å². The molecule has 0 saturated heterocycles. The van der Waals surface area contributed by atoms with Crippen molar-refractivity contribution in [2.45, 2.75) is 6.92 Å². The number of nitrogens with zero attached hydrogens (tertiary/aromatic N) is 2. The molecule has 0 aliphatic rings. The van der Waals surface area contributed by atoms with Gasteiger partial charge in [0.25, 0.3) is 0 Å². The van der Waals surface area contributed by atoms with Crippen LogP contribution in [0.5, 0.6) is 5.75 Å². The number of halogens is 1. The van der Waals surface area contributed by atoms with Crippen molar-refractivity contribution in [2.75, 3.05) is 14.2 Å². The fraction of sp³-hybridized carbons (Fsp3) is 0.214. The molecule has 0 radical (unpaired) electrons. The number of rotatable bonds is 3. The third-order valence-electron chi connectivity index (χ3n) is 2.87. The lowest BCUT2D eigenvalue weighted by atomic mass is 10.2. The summed E-state index contributed by atoms with van der Waals surface area (Å²) in [7, 11) is 2.69. The molecule has 0 atom stereocenters. The molecule has 7 heteroatoms. The first-order chi connectivity index (χ1) is 9.97. The number of methoxy groups -OCH3 is 2. The second kappa shape index (κ2) is 5.97. The third-order valence-corrected chi connectivity index (χ3v) is 3.19. The highest BCUT2D eigenvalue weighted by Crippen LogP contribution is 2.26. The van der Waals surface area contributed by atoms with Crippen LogP contribution in [-0.2, 0) is 4.74 Å². The Kier molecular flexibility index (Phi) is 4.28.